The van der Waals surface area contributed by atoms with Crippen LogP contribution in [0.4, 0.5) is 0 Å². The summed E-state index contributed by atoms with van der Waals surface area (Å²) < 4.78 is 8.21. The first kappa shape index (κ1) is 15.5. The van der Waals surface area contributed by atoms with Crippen LogP contribution < -0.4 is 5.32 Å². The van der Waals surface area contributed by atoms with E-state index < -0.39 is 0 Å². The van der Waals surface area contributed by atoms with Gasteiger partial charge in [0.05, 0.1) is 13.2 Å². The highest BCUT2D eigenvalue weighted by Gasteiger charge is 2.18. The number of aryl methyl sites for hydroxylation is 1. The molecule has 1 N–H and O–H groups in total. The third-order valence-electron chi connectivity index (χ3n) is 3.45. The van der Waals surface area contributed by atoms with Crippen molar-refractivity contribution in [3.63, 3.8) is 0 Å². The highest BCUT2D eigenvalue weighted by molar-refractivity contribution is 9.10. The van der Waals surface area contributed by atoms with Gasteiger partial charge in [0.1, 0.15) is 5.69 Å². The van der Waals surface area contributed by atoms with E-state index in [1.807, 2.05) is 30.7 Å². The molecule has 0 aromatic carbocycles. The van der Waals surface area contributed by atoms with Gasteiger partial charge in [0.15, 0.2) is 0 Å². The maximum atomic E-state index is 12.3. The summed E-state index contributed by atoms with van der Waals surface area (Å²) in [4.78, 5) is 14.6. The van der Waals surface area contributed by atoms with E-state index in [9.17, 15) is 4.79 Å². The van der Waals surface area contributed by atoms with Gasteiger partial charge in [-0.05, 0) is 35.8 Å². The number of halogens is 1. The average molecular weight is 344 g/mol. The number of amides is 1. The number of carbonyl (C=O) groups is 1. The van der Waals surface area contributed by atoms with E-state index in [-0.39, 0.29) is 11.9 Å². The van der Waals surface area contributed by atoms with E-state index in [4.69, 9.17) is 4.74 Å². The van der Waals surface area contributed by atoms with Crippen LogP contribution in [0.3, 0.4) is 0 Å². The molecule has 0 saturated carbocycles. The Hall–Kier alpha value is -0.850. The first-order chi connectivity index (χ1) is 9.60. The van der Waals surface area contributed by atoms with Gasteiger partial charge < -0.3 is 14.6 Å². The monoisotopic (exact) mass is 343 g/mol. The van der Waals surface area contributed by atoms with Crippen molar-refractivity contribution in [3.05, 3.63) is 22.4 Å². The lowest BCUT2D eigenvalue weighted by Gasteiger charge is -2.29. The fourth-order valence-corrected chi connectivity index (χ4v) is 2.91. The number of nitrogens with one attached hydrogen (secondary N) is 1. The smallest absolute Gasteiger partial charge is 0.268 e. The molecule has 112 valence electrons. The molecule has 5 nitrogen and oxygen atoms in total. The Morgan fingerprint density at radius 1 is 1.50 bits per heavy atom. The van der Waals surface area contributed by atoms with Crippen molar-refractivity contribution in [1.82, 2.24) is 14.8 Å². The van der Waals surface area contributed by atoms with E-state index in [1.54, 1.807) is 0 Å². The zero-order valence-corrected chi connectivity index (χ0v) is 13.6. The quantitative estimate of drug-likeness (QED) is 0.885. The number of ether oxygens (including phenoxy) is 1. The first-order valence-corrected chi connectivity index (χ1v) is 7.86. The molecular formula is C14H22BrN3O2. The topological polar surface area (TPSA) is 46.5 Å². The molecular weight excluding hydrogens is 322 g/mol. The second-order valence-corrected chi connectivity index (χ2v) is 6.03. The predicted octanol–water partition coefficient (Wildman–Crippen LogP) is 1.72. The summed E-state index contributed by atoms with van der Waals surface area (Å²) in [5.74, 6) is -0.0155. The largest absolute Gasteiger partial charge is 0.379 e. The van der Waals surface area contributed by atoms with Crippen LogP contribution in [0.15, 0.2) is 16.7 Å². The van der Waals surface area contributed by atoms with Crippen LogP contribution in [-0.4, -0.2) is 54.3 Å². The minimum atomic E-state index is -0.0155. The number of carbonyl (C=O) groups excluding carboxylic acids is 1. The third kappa shape index (κ3) is 4.07. The maximum absolute atomic E-state index is 12.3. The van der Waals surface area contributed by atoms with E-state index in [0.717, 1.165) is 43.9 Å². The fourth-order valence-electron chi connectivity index (χ4n) is 2.44. The molecule has 1 unspecified atom stereocenters. The highest BCUT2D eigenvalue weighted by atomic mass is 79.9. The molecule has 0 aliphatic carbocycles. The Bertz CT molecular complexity index is 455. The van der Waals surface area contributed by atoms with E-state index in [1.165, 1.54) is 0 Å². The highest BCUT2D eigenvalue weighted by Crippen LogP contribution is 2.15. The molecule has 1 aliphatic rings. The molecule has 1 aromatic heterocycles. The molecule has 1 aromatic rings. The summed E-state index contributed by atoms with van der Waals surface area (Å²) in [7, 11) is 0. The van der Waals surface area contributed by atoms with Crippen molar-refractivity contribution in [2.24, 2.45) is 0 Å². The van der Waals surface area contributed by atoms with Gasteiger partial charge in [0.25, 0.3) is 5.91 Å². The molecule has 2 rings (SSSR count). The lowest BCUT2D eigenvalue weighted by Crippen LogP contribution is -2.46. The van der Waals surface area contributed by atoms with E-state index >= 15 is 0 Å². The maximum Gasteiger partial charge on any atom is 0.268 e. The minimum Gasteiger partial charge on any atom is -0.379 e. The van der Waals surface area contributed by atoms with Crippen LogP contribution in [0.2, 0.25) is 0 Å². The van der Waals surface area contributed by atoms with Gasteiger partial charge in [-0.15, -0.1) is 0 Å². The summed E-state index contributed by atoms with van der Waals surface area (Å²) in [5.41, 5.74) is 0.702. The summed E-state index contributed by atoms with van der Waals surface area (Å²) in [6, 6.07) is 1.99. The fraction of sp³-hybridized carbons (Fsp3) is 0.643. The first-order valence-electron chi connectivity index (χ1n) is 7.06. The molecule has 1 atom stereocenters. The van der Waals surface area contributed by atoms with Crippen LogP contribution in [0.5, 0.6) is 0 Å². The van der Waals surface area contributed by atoms with Crippen molar-refractivity contribution in [2.45, 2.75) is 26.4 Å². The van der Waals surface area contributed by atoms with Gasteiger partial charge in [0, 0.05) is 42.9 Å². The molecule has 1 amide bonds. The summed E-state index contributed by atoms with van der Waals surface area (Å²) >= 11 is 3.42. The summed E-state index contributed by atoms with van der Waals surface area (Å²) in [6.45, 7) is 9.17. The molecule has 0 spiro atoms. The minimum absolute atomic E-state index is 0.0155. The standard InChI is InChI=1S/C14H22BrN3O2/c1-3-18-10-12(15)8-13(18)14(19)16-11(2)9-17-4-6-20-7-5-17/h8,10-11H,3-7,9H2,1-2H3,(H,16,19). The Kier molecular flexibility index (Phi) is 5.63. The van der Waals surface area contributed by atoms with E-state index in [2.05, 4.69) is 26.1 Å². The molecule has 1 aliphatic heterocycles. The van der Waals surface area contributed by atoms with Gasteiger partial charge in [-0.2, -0.15) is 0 Å². The van der Waals surface area contributed by atoms with Crippen molar-refractivity contribution < 1.29 is 9.53 Å². The second-order valence-electron chi connectivity index (χ2n) is 5.12. The van der Waals surface area contributed by atoms with Crippen LogP contribution in [0, 0.1) is 0 Å². The molecule has 1 saturated heterocycles. The van der Waals surface area contributed by atoms with Gasteiger partial charge in [-0.25, -0.2) is 0 Å². The number of aromatic nitrogens is 1. The van der Waals surface area contributed by atoms with Crippen molar-refractivity contribution in [2.75, 3.05) is 32.8 Å². The lowest BCUT2D eigenvalue weighted by atomic mass is 10.2. The van der Waals surface area contributed by atoms with Gasteiger partial charge in [-0.1, -0.05) is 0 Å². The predicted molar refractivity (Wildman–Crippen MR) is 82.0 cm³/mol. The van der Waals surface area contributed by atoms with Crippen LogP contribution in [0.25, 0.3) is 0 Å². The number of hydrogen-bond donors (Lipinski definition) is 1. The van der Waals surface area contributed by atoms with Gasteiger partial charge in [-0.3, -0.25) is 9.69 Å². The number of rotatable bonds is 5. The molecule has 0 bridgehead atoms. The second kappa shape index (κ2) is 7.24. The Labute approximate surface area is 128 Å². The Balaban J connectivity index is 1.89. The Morgan fingerprint density at radius 2 is 2.20 bits per heavy atom. The summed E-state index contributed by atoms with van der Waals surface area (Å²) in [5, 5.41) is 3.07. The van der Waals surface area contributed by atoms with E-state index in [0.29, 0.717) is 5.69 Å². The number of hydrogen-bond acceptors (Lipinski definition) is 3. The lowest BCUT2D eigenvalue weighted by molar-refractivity contribution is 0.0342. The zero-order chi connectivity index (χ0) is 14.5. The summed E-state index contributed by atoms with van der Waals surface area (Å²) in [6.07, 6.45) is 1.93. The Morgan fingerprint density at radius 3 is 2.85 bits per heavy atom. The molecule has 2 heterocycles. The average Bonchev–Trinajstić information content (AvgIpc) is 2.81. The van der Waals surface area contributed by atoms with Gasteiger partial charge in [0.2, 0.25) is 0 Å². The molecule has 6 heteroatoms. The van der Waals surface area contributed by atoms with Crippen molar-refractivity contribution in [1.29, 1.82) is 0 Å². The van der Waals surface area contributed by atoms with Crippen molar-refractivity contribution in [3.8, 4) is 0 Å². The van der Waals surface area contributed by atoms with Crippen LogP contribution in [-0.2, 0) is 11.3 Å². The van der Waals surface area contributed by atoms with Crippen LogP contribution in [0.1, 0.15) is 24.3 Å². The third-order valence-corrected chi connectivity index (χ3v) is 3.88. The number of morpholine rings is 1. The molecule has 1 fully saturated rings. The van der Waals surface area contributed by atoms with Crippen LogP contribution >= 0.6 is 15.9 Å². The normalized spacial score (nSPS) is 17.9. The zero-order valence-electron chi connectivity index (χ0n) is 12.1. The SMILES string of the molecule is CCn1cc(Br)cc1C(=O)NC(C)CN1CCOCC1. The van der Waals surface area contributed by atoms with Crippen molar-refractivity contribution >= 4 is 21.8 Å². The van der Waals surface area contributed by atoms with Gasteiger partial charge >= 0.3 is 0 Å². The molecule has 20 heavy (non-hydrogen) atoms. The number of nitrogens with zero attached hydrogens (tertiary/aromatic N) is 2. The molecule has 0 radical (unpaired) electrons.